The van der Waals surface area contributed by atoms with Crippen molar-refractivity contribution in [2.75, 3.05) is 0 Å². The van der Waals surface area contributed by atoms with Crippen LogP contribution in [0.4, 0.5) is 0 Å². The molecule has 20 heavy (non-hydrogen) atoms. The third-order valence-corrected chi connectivity index (χ3v) is 3.64. The van der Waals surface area contributed by atoms with Gasteiger partial charge in [0.15, 0.2) is 0 Å². The summed E-state index contributed by atoms with van der Waals surface area (Å²) >= 11 is 5.95. The lowest BCUT2D eigenvalue weighted by molar-refractivity contribution is -0.139. The lowest BCUT2D eigenvalue weighted by atomic mass is 10.1. The minimum absolute atomic E-state index is 0.321. The van der Waals surface area contributed by atoms with Crippen molar-refractivity contribution in [3.63, 3.8) is 0 Å². The smallest absolute Gasteiger partial charge is 0.326 e. The lowest BCUT2D eigenvalue weighted by Gasteiger charge is -2.15. The highest BCUT2D eigenvalue weighted by atomic mass is 35.5. The Morgan fingerprint density at radius 3 is 2.80 bits per heavy atom. The number of nitrogens with zero attached hydrogens (tertiary/aromatic N) is 1. The number of carboxylic acids is 1. The van der Waals surface area contributed by atoms with Crippen LogP contribution < -0.4 is 5.32 Å². The summed E-state index contributed by atoms with van der Waals surface area (Å²) in [5.41, 5.74) is 0.445. The normalized spacial score (nSPS) is 15.9. The first kappa shape index (κ1) is 14.9. The van der Waals surface area contributed by atoms with Crippen LogP contribution in [-0.2, 0) is 4.79 Å². The van der Waals surface area contributed by atoms with Gasteiger partial charge in [-0.3, -0.25) is 4.79 Å². The van der Waals surface area contributed by atoms with Gasteiger partial charge in [0.05, 0.1) is 5.02 Å². The largest absolute Gasteiger partial charge is 0.480 e. The topological polar surface area (TPSA) is 71.3 Å². The highest BCUT2D eigenvalue weighted by Crippen LogP contribution is 2.37. The van der Waals surface area contributed by atoms with Crippen LogP contribution in [0.3, 0.4) is 0 Å². The molecule has 1 aliphatic rings. The third-order valence-electron chi connectivity index (χ3n) is 3.44. The molecule has 2 N–H and O–H groups in total. The van der Waals surface area contributed by atoms with Gasteiger partial charge < -0.3 is 15.0 Å². The van der Waals surface area contributed by atoms with Gasteiger partial charge in [0, 0.05) is 12.2 Å². The summed E-state index contributed by atoms with van der Waals surface area (Å²) in [6.45, 7) is 1.98. The maximum atomic E-state index is 12.2. The highest BCUT2D eigenvalue weighted by molar-refractivity contribution is 6.31. The number of nitrogens with one attached hydrogen (secondary N) is 1. The molecule has 1 aromatic rings. The van der Waals surface area contributed by atoms with E-state index in [2.05, 4.69) is 5.32 Å². The second-order valence-corrected chi connectivity index (χ2v) is 5.62. The molecule has 1 aliphatic carbocycles. The van der Waals surface area contributed by atoms with Crippen LogP contribution in [-0.4, -0.2) is 27.6 Å². The molecule has 0 saturated heterocycles. The molecular weight excluding hydrogens is 280 g/mol. The highest BCUT2D eigenvalue weighted by Gasteiger charge is 2.29. The fourth-order valence-electron chi connectivity index (χ4n) is 2.18. The molecule has 0 unspecified atom stereocenters. The Balaban J connectivity index is 2.08. The van der Waals surface area contributed by atoms with Gasteiger partial charge in [-0.1, -0.05) is 31.4 Å². The first-order valence-electron chi connectivity index (χ1n) is 6.94. The van der Waals surface area contributed by atoms with Crippen molar-refractivity contribution >= 4 is 23.5 Å². The maximum absolute atomic E-state index is 12.2. The number of amides is 1. The minimum Gasteiger partial charge on any atom is -0.480 e. The van der Waals surface area contributed by atoms with Gasteiger partial charge in [0.2, 0.25) is 0 Å². The fourth-order valence-corrected chi connectivity index (χ4v) is 2.39. The number of hydrogen-bond acceptors (Lipinski definition) is 2. The Bertz CT molecular complexity index is 509. The first-order valence-corrected chi connectivity index (χ1v) is 7.31. The van der Waals surface area contributed by atoms with Gasteiger partial charge in [-0.15, -0.1) is 0 Å². The van der Waals surface area contributed by atoms with E-state index in [1.165, 1.54) is 0 Å². The summed E-state index contributed by atoms with van der Waals surface area (Å²) in [5.74, 6) is -1.37. The summed E-state index contributed by atoms with van der Waals surface area (Å²) in [5, 5.41) is 12.2. The van der Waals surface area contributed by atoms with Crippen molar-refractivity contribution in [1.82, 2.24) is 9.88 Å². The average molecular weight is 299 g/mol. The monoisotopic (exact) mass is 298 g/mol. The van der Waals surface area contributed by atoms with Crippen molar-refractivity contribution in [1.29, 1.82) is 0 Å². The van der Waals surface area contributed by atoms with E-state index in [0.29, 0.717) is 23.2 Å². The van der Waals surface area contributed by atoms with Crippen LogP contribution in [0.1, 0.15) is 55.6 Å². The summed E-state index contributed by atoms with van der Waals surface area (Å²) in [7, 11) is 0. The molecule has 1 aromatic heterocycles. The van der Waals surface area contributed by atoms with Crippen molar-refractivity contribution in [2.45, 2.75) is 51.1 Å². The predicted molar refractivity (Wildman–Crippen MR) is 76.1 cm³/mol. The summed E-state index contributed by atoms with van der Waals surface area (Å²) in [4.78, 5) is 23.4. The summed E-state index contributed by atoms with van der Waals surface area (Å²) in [6, 6.07) is 1.07. The van der Waals surface area contributed by atoms with Crippen LogP contribution in [0.5, 0.6) is 0 Å². The Morgan fingerprint density at radius 2 is 2.25 bits per heavy atom. The second-order valence-electron chi connectivity index (χ2n) is 5.19. The molecule has 0 aromatic carbocycles. The summed E-state index contributed by atoms with van der Waals surface area (Å²) < 4.78 is 1.84. The molecule has 0 spiro atoms. The van der Waals surface area contributed by atoms with E-state index in [0.717, 1.165) is 25.7 Å². The molecule has 0 bridgehead atoms. The van der Waals surface area contributed by atoms with Crippen LogP contribution in [0.25, 0.3) is 0 Å². The first-order chi connectivity index (χ1) is 9.52. The molecule has 0 radical (unpaired) electrons. The van der Waals surface area contributed by atoms with E-state index in [1.54, 1.807) is 12.3 Å². The van der Waals surface area contributed by atoms with Crippen molar-refractivity contribution in [3.05, 3.63) is 23.0 Å². The molecule has 1 saturated carbocycles. The number of aromatic nitrogens is 1. The van der Waals surface area contributed by atoms with E-state index < -0.39 is 12.0 Å². The van der Waals surface area contributed by atoms with Crippen LogP contribution in [0.2, 0.25) is 5.02 Å². The van der Waals surface area contributed by atoms with E-state index >= 15 is 0 Å². The quantitative estimate of drug-likeness (QED) is 0.813. The van der Waals surface area contributed by atoms with Crippen LogP contribution in [0, 0.1) is 0 Å². The number of carbonyl (C=O) groups excluding carboxylic acids is 1. The summed E-state index contributed by atoms with van der Waals surface area (Å²) in [6.07, 6.45) is 5.89. The van der Waals surface area contributed by atoms with E-state index in [4.69, 9.17) is 16.7 Å². The van der Waals surface area contributed by atoms with E-state index in [-0.39, 0.29) is 5.91 Å². The molecule has 0 aliphatic heterocycles. The molecular formula is C14H19ClN2O3. The number of carbonyl (C=O) groups is 2. The molecule has 110 valence electrons. The Morgan fingerprint density at radius 1 is 1.55 bits per heavy atom. The van der Waals surface area contributed by atoms with Crippen LogP contribution in [0.15, 0.2) is 12.3 Å². The zero-order valence-corrected chi connectivity index (χ0v) is 12.2. The zero-order chi connectivity index (χ0) is 14.7. The predicted octanol–water partition coefficient (Wildman–Crippen LogP) is 2.85. The zero-order valence-electron chi connectivity index (χ0n) is 11.4. The third kappa shape index (κ3) is 3.54. The number of rotatable bonds is 7. The number of unbranched alkanes of at least 4 members (excludes halogenated alkanes) is 1. The van der Waals surface area contributed by atoms with E-state index in [9.17, 15) is 9.59 Å². The van der Waals surface area contributed by atoms with Gasteiger partial charge in [0.1, 0.15) is 11.7 Å². The molecule has 1 atom stereocenters. The average Bonchev–Trinajstić information content (AvgIpc) is 3.16. The molecule has 1 fully saturated rings. The minimum atomic E-state index is -0.998. The SMILES string of the molecule is CCCC[C@H](NC(=O)c1cc(Cl)cn1C1CC1)C(=O)O. The number of halogens is 1. The van der Waals surface area contributed by atoms with Gasteiger partial charge in [-0.05, 0) is 25.3 Å². The van der Waals surface area contributed by atoms with E-state index in [1.807, 2.05) is 11.5 Å². The van der Waals surface area contributed by atoms with Gasteiger partial charge in [-0.2, -0.15) is 0 Å². The van der Waals surface area contributed by atoms with Crippen LogP contribution >= 0.6 is 11.6 Å². The Hall–Kier alpha value is -1.49. The Kier molecular flexibility index (Phi) is 4.70. The van der Waals surface area contributed by atoms with Crippen molar-refractivity contribution in [2.24, 2.45) is 0 Å². The number of carboxylic acid groups (broad SMARTS) is 1. The molecule has 2 rings (SSSR count). The Labute approximate surface area is 122 Å². The molecule has 1 amide bonds. The van der Waals surface area contributed by atoms with Crippen molar-refractivity contribution < 1.29 is 14.7 Å². The number of hydrogen-bond donors (Lipinski definition) is 2. The van der Waals surface area contributed by atoms with Crippen molar-refractivity contribution in [3.8, 4) is 0 Å². The number of aliphatic carboxylic acids is 1. The van der Waals surface area contributed by atoms with Gasteiger partial charge in [0.25, 0.3) is 5.91 Å². The molecule has 6 heteroatoms. The molecule has 5 nitrogen and oxygen atoms in total. The fraction of sp³-hybridized carbons (Fsp3) is 0.571. The van der Waals surface area contributed by atoms with Gasteiger partial charge >= 0.3 is 5.97 Å². The molecule has 1 heterocycles. The second kappa shape index (κ2) is 6.31. The standard InChI is InChI=1S/C14H19ClN2O3/c1-2-3-4-11(14(19)20)16-13(18)12-7-9(15)8-17(12)10-5-6-10/h7-8,10-11H,2-6H2,1H3,(H,16,18)(H,19,20)/t11-/m0/s1. The van der Waals surface area contributed by atoms with Gasteiger partial charge in [-0.25, -0.2) is 4.79 Å². The lowest BCUT2D eigenvalue weighted by Crippen LogP contribution is -2.41. The maximum Gasteiger partial charge on any atom is 0.326 e.